The number of phenolic OH excluding ortho intramolecular Hbond substituents is 1. The highest BCUT2D eigenvalue weighted by molar-refractivity contribution is 6.40. The van der Waals surface area contributed by atoms with E-state index < -0.39 is 0 Å². The van der Waals surface area contributed by atoms with Crippen molar-refractivity contribution in [2.24, 2.45) is 18.0 Å². The molecule has 14 heteroatoms. The molecule has 1 aliphatic rings. The Bertz CT molecular complexity index is 3020. The van der Waals surface area contributed by atoms with Gasteiger partial charge < -0.3 is 41.1 Å². The zero-order valence-electron chi connectivity index (χ0n) is 37.2. The number of nitrogens with zero attached hydrogens (tertiary/aromatic N) is 4. The number of carbonyl (C=O) groups is 3. The standard InChI is InChI=1S/C51H53N9O5/c1-6-38-41(28-57-48(52)46(38)32-10-13-36(61)14-11-32)35-22-31(4)47(56-27-35)50(64)55-20-19-53-45(62)8-7-18-54-49(63)40-25-37(15-9-29(40)2)65-51-58-42-23-30(3)39(26-43(42)59-51)33-12-16-44-34(24-33)17-21-60(44)5/h9-17,21,23-28,31,61H,6-8,18-20,22H2,1-5H3,(H2,52,57)(H,53,62)(H,54,63)(H,55,64)(H,58,59). The van der Waals surface area contributed by atoms with Crippen LogP contribution in [-0.2, 0) is 23.1 Å². The third-order valence-corrected chi connectivity index (χ3v) is 11.9. The zero-order valence-corrected chi connectivity index (χ0v) is 37.2. The number of nitrogens with two attached hydrogens (primary N) is 1. The Morgan fingerprint density at radius 3 is 2.45 bits per heavy atom. The van der Waals surface area contributed by atoms with Gasteiger partial charge >= 0.3 is 0 Å². The molecule has 0 radical (unpaired) electrons. The van der Waals surface area contributed by atoms with Gasteiger partial charge in [0.2, 0.25) is 5.91 Å². The number of hydrogen-bond acceptors (Lipinski definition) is 9. The predicted octanol–water partition coefficient (Wildman–Crippen LogP) is 8.31. The second-order valence-corrected chi connectivity index (χ2v) is 16.6. The molecule has 3 amide bonds. The second-order valence-electron chi connectivity index (χ2n) is 16.6. The lowest BCUT2D eigenvalue weighted by Gasteiger charge is -2.23. The van der Waals surface area contributed by atoms with Gasteiger partial charge in [-0.1, -0.05) is 38.1 Å². The maximum atomic E-state index is 13.2. The first-order chi connectivity index (χ1) is 31.4. The van der Waals surface area contributed by atoms with Crippen LogP contribution in [0.1, 0.15) is 65.7 Å². The number of aromatic amines is 1. The summed E-state index contributed by atoms with van der Waals surface area (Å²) in [5.74, 6) is 0.144. The fourth-order valence-electron chi connectivity index (χ4n) is 8.45. The van der Waals surface area contributed by atoms with Gasteiger partial charge in [-0.05, 0) is 127 Å². The highest BCUT2D eigenvalue weighted by Gasteiger charge is 2.26. The minimum absolute atomic E-state index is 0.157. The summed E-state index contributed by atoms with van der Waals surface area (Å²) in [5.41, 5.74) is 18.7. The number of nitrogens with one attached hydrogen (secondary N) is 4. The van der Waals surface area contributed by atoms with E-state index in [2.05, 4.69) is 91.9 Å². The molecule has 65 heavy (non-hydrogen) atoms. The number of rotatable bonds is 15. The van der Waals surface area contributed by atoms with Crippen molar-refractivity contribution in [3.8, 4) is 39.8 Å². The van der Waals surface area contributed by atoms with Crippen LogP contribution in [0.15, 0.2) is 102 Å². The molecule has 0 spiro atoms. The molecule has 7 aromatic rings. The monoisotopic (exact) mass is 871 g/mol. The Morgan fingerprint density at radius 2 is 1.66 bits per heavy atom. The number of pyridine rings is 1. The van der Waals surface area contributed by atoms with Gasteiger partial charge in [-0.25, -0.2) is 4.98 Å². The summed E-state index contributed by atoms with van der Waals surface area (Å²) in [6.07, 6.45) is 7.46. The topological polar surface area (TPSA) is 202 Å². The Labute approximate surface area is 377 Å². The first-order valence-corrected chi connectivity index (χ1v) is 21.9. The van der Waals surface area contributed by atoms with Crippen molar-refractivity contribution in [3.05, 3.63) is 125 Å². The molecule has 0 fully saturated rings. The molecule has 1 unspecified atom stereocenters. The van der Waals surface area contributed by atoms with Crippen LogP contribution in [0.5, 0.6) is 17.5 Å². The van der Waals surface area contributed by atoms with Crippen LogP contribution >= 0.6 is 0 Å². The van der Waals surface area contributed by atoms with Crippen molar-refractivity contribution in [2.45, 2.75) is 53.4 Å². The van der Waals surface area contributed by atoms with Gasteiger partial charge in [-0.2, -0.15) is 4.98 Å². The minimum Gasteiger partial charge on any atom is -0.508 e. The smallest absolute Gasteiger partial charge is 0.300 e. The van der Waals surface area contributed by atoms with Crippen molar-refractivity contribution in [2.75, 3.05) is 25.4 Å². The van der Waals surface area contributed by atoms with Crippen molar-refractivity contribution < 1.29 is 24.2 Å². The van der Waals surface area contributed by atoms with Crippen LogP contribution in [-0.4, -0.2) is 67.7 Å². The predicted molar refractivity (Wildman–Crippen MR) is 256 cm³/mol. The lowest BCUT2D eigenvalue weighted by molar-refractivity contribution is -0.121. The van der Waals surface area contributed by atoms with E-state index in [0.717, 1.165) is 61.1 Å². The van der Waals surface area contributed by atoms with Gasteiger partial charge in [-0.15, -0.1) is 0 Å². The molecular formula is C51H53N9O5. The number of nitrogen functional groups attached to an aromatic ring is 1. The highest BCUT2D eigenvalue weighted by Crippen LogP contribution is 2.38. The molecule has 4 aromatic carbocycles. The number of aryl methyl sites for hydroxylation is 3. The van der Waals surface area contributed by atoms with Gasteiger partial charge in [-0.3, -0.25) is 19.4 Å². The molecule has 0 bridgehead atoms. The van der Waals surface area contributed by atoms with Crippen molar-refractivity contribution >= 4 is 56.8 Å². The van der Waals surface area contributed by atoms with Crippen molar-refractivity contribution in [1.82, 2.24) is 35.5 Å². The Hall–Kier alpha value is -7.74. The van der Waals surface area contributed by atoms with Crippen LogP contribution in [0.4, 0.5) is 5.82 Å². The highest BCUT2D eigenvalue weighted by atomic mass is 16.5. The van der Waals surface area contributed by atoms with E-state index in [-0.39, 0.29) is 48.9 Å². The number of phenols is 1. The number of anilines is 1. The summed E-state index contributed by atoms with van der Waals surface area (Å²) in [6.45, 7) is 8.73. The Kier molecular flexibility index (Phi) is 12.8. The quantitative estimate of drug-likeness (QED) is 0.0552. The molecule has 8 rings (SSSR count). The van der Waals surface area contributed by atoms with E-state index in [9.17, 15) is 19.5 Å². The third kappa shape index (κ3) is 9.61. The fourth-order valence-corrected chi connectivity index (χ4v) is 8.45. The molecule has 4 heterocycles. The largest absolute Gasteiger partial charge is 0.508 e. The number of carbonyl (C=O) groups excluding carboxylic acids is 3. The first kappa shape index (κ1) is 43.9. The lowest BCUT2D eigenvalue weighted by Crippen LogP contribution is -2.40. The van der Waals surface area contributed by atoms with Gasteiger partial charge in [0.15, 0.2) is 0 Å². The van der Waals surface area contributed by atoms with Crippen LogP contribution in [0.3, 0.4) is 0 Å². The zero-order chi connectivity index (χ0) is 45.8. The number of H-pyrrole nitrogens is 1. The number of amides is 3. The maximum Gasteiger partial charge on any atom is 0.300 e. The number of ether oxygens (including phenoxy) is 1. The summed E-state index contributed by atoms with van der Waals surface area (Å²) in [6, 6.07) is 25.2. The summed E-state index contributed by atoms with van der Waals surface area (Å²) in [7, 11) is 2.04. The number of fused-ring (bicyclic) bond motifs is 2. The Morgan fingerprint density at radius 1 is 0.892 bits per heavy atom. The maximum absolute atomic E-state index is 13.2. The summed E-state index contributed by atoms with van der Waals surface area (Å²) >= 11 is 0. The molecule has 0 saturated carbocycles. The van der Waals surface area contributed by atoms with E-state index in [0.29, 0.717) is 54.7 Å². The number of imidazole rings is 1. The van der Waals surface area contributed by atoms with Crippen molar-refractivity contribution in [3.63, 3.8) is 0 Å². The van der Waals surface area contributed by atoms with Gasteiger partial charge in [0.1, 0.15) is 23.0 Å². The average molecular weight is 872 g/mol. The van der Waals surface area contributed by atoms with Gasteiger partial charge in [0.05, 0.1) is 11.0 Å². The van der Waals surface area contributed by atoms with E-state index in [1.807, 2.05) is 39.1 Å². The number of aliphatic imine (C=N–C) groups is 1. The fraction of sp³-hybridized carbons (Fsp3) is 0.255. The van der Waals surface area contributed by atoms with E-state index in [1.165, 1.54) is 10.9 Å². The summed E-state index contributed by atoms with van der Waals surface area (Å²) in [5, 5.41) is 19.6. The van der Waals surface area contributed by atoms with Crippen LogP contribution in [0, 0.1) is 19.8 Å². The average Bonchev–Trinajstić information content (AvgIpc) is 3.87. The molecule has 332 valence electrons. The van der Waals surface area contributed by atoms with E-state index in [4.69, 9.17) is 15.5 Å². The van der Waals surface area contributed by atoms with Crippen molar-refractivity contribution in [1.29, 1.82) is 0 Å². The third-order valence-electron chi connectivity index (χ3n) is 11.9. The second kappa shape index (κ2) is 18.9. The molecule has 3 aromatic heterocycles. The molecule has 1 atom stereocenters. The lowest BCUT2D eigenvalue weighted by atomic mass is 9.86. The SMILES string of the molecule is CCc1c(C2=CN=C(C(=O)NCCNC(=O)CCCNC(=O)c3cc(Oc4nc5cc(-c6ccc7c(ccn7C)c6)c(C)cc5[nH]4)ccc3C)C(C)C2)cnc(N)c1-c1ccc(O)cc1. The molecule has 14 nitrogen and oxygen atoms in total. The van der Waals surface area contributed by atoms with E-state index in [1.54, 1.807) is 36.7 Å². The van der Waals surface area contributed by atoms with Gasteiger partial charge in [0, 0.05) is 85.2 Å². The molecule has 0 aliphatic carbocycles. The number of aromatic nitrogens is 4. The number of hydrogen-bond donors (Lipinski definition) is 6. The molecular weight excluding hydrogens is 819 g/mol. The summed E-state index contributed by atoms with van der Waals surface area (Å²) < 4.78 is 8.22. The number of benzene rings is 4. The summed E-state index contributed by atoms with van der Waals surface area (Å²) in [4.78, 5) is 55.9. The van der Waals surface area contributed by atoms with Crippen LogP contribution in [0.2, 0.25) is 0 Å². The molecule has 1 aliphatic heterocycles. The molecule has 0 saturated heterocycles. The first-order valence-electron chi connectivity index (χ1n) is 21.9. The van der Waals surface area contributed by atoms with Gasteiger partial charge in [0.25, 0.3) is 17.8 Å². The number of allylic oxidation sites excluding steroid dienone is 1. The number of aromatic hydroxyl groups is 1. The molecule has 7 N–H and O–H groups in total. The Balaban J connectivity index is 0.787. The van der Waals surface area contributed by atoms with Crippen LogP contribution in [0.25, 0.3) is 49.8 Å². The van der Waals surface area contributed by atoms with E-state index >= 15 is 0 Å². The normalized spacial score (nSPS) is 13.6. The van der Waals surface area contributed by atoms with Crippen LogP contribution < -0.4 is 26.4 Å². The minimum atomic E-state index is -0.287.